The Bertz CT molecular complexity index is 2560. The zero-order chi connectivity index (χ0) is 41.5. The summed E-state index contributed by atoms with van der Waals surface area (Å²) in [7, 11) is 3.85. The van der Waals surface area contributed by atoms with Crippen LogP contribution in [0.5, 0.6) is 17.6 Å². The van der Waals surface area contributed by atoms with Crippen LogP contribution < -0.4 is 14.2 Å². The lowest BCUT2D eigenvalue weighted by Gasteiger charge is -2.23. The minimum absolute atomic E-state index is 0.140. The van der Waals surface area contributed by atoms with E-state index in [0.717, 1.165) is 138 Å². The van der Waals surface area contributed by atoms with Crippen LogP contribution in [0, 0.1) is 3.70 Å². The molecule has 11 rings (SSSR count). The van der Waals surface area contributed by atoms with E-state index in [0.29, 0.717) is 24.2 Å². The smallest absolute Gasteiger partial charge is 0.225 e. The fraction of sp³-hybridized carbons (Fsp3) is 0.429. The molecule has 0 bridgehead atoms. The Kier molecular flexibility index (Phi) is 12.8. The summed E-state index contributed by atoms with van der Waals surface area (Å²) in [4.78, 5) is 17.8. The third-order valence-electron chi connectivity index (χ3n) is 10.9. The number of rotatable bonds is 8. The quantitative estimate of drug-likeness (QED) is 0.175. The highest BCUT2D eigenvalue weighted by Gasteiger charge is 2.27. The van der Waals surface area contributed by atoms with E-state index in [2.05, 4.69) is 73.1 Å². The number of aliphatic imine (C=N–C) groups is 1. The zero-order valence-electron chi connectivity index (χ0n) is 34.0. The van der Waals surface area contributed by atoms with E-state index in [1.807, 2.05) is 53.8 Å². The van der Waals surface area contributed by atoms with Gasteiger partial charge >= 0.3 is 0 Å². The largest absolute Gasteiger partial charge is 0.474 e. The van der Waals surface area contributed by atoms with Crippen molar-refractivity contribution in [3.8, 4) is 29.0 Å². The number of hydrogen-bond acceptors (Lipinski definition) is 14. The predicted molar refractivity (Wildman–Crippen MR) is 233 cm³/mol. The topological polar surface area (TPSA) is 199 Å². The first kappa shape index (κ1) is 40.9. The minimum atomic E-state index is 0.140. The van der Waals surface area contributed by atoms with Crippen LogP contribution in [0.4, 0.5) is 0 Å². The van der Waals surface area contributed by atoms with Gasteiger partial charge in [0.2, 0.25) is 17.6 Å². The molecule has 61 heavy (non-hydrogen) atoms. The molecule has 318 valence electrons. The van der Waals surface area contributed by atoms with Gasteiger partial charge in [0.25, 0.3) is 0 Å². The molecule has 0 aromatic carbocycles. The van der Waals surface area contributed by atoms with Crippen LogP contribution in [0.15, 0.2) is 66.3 Å². The van der Waals surface area contributed by atoms with Crippen molar-refractivity contribution >= 4 is 50.1 Å². The Hall–Kier alpha value is -5.51. The number of aryl methyl sites for hydroxylation is 2. The third kappa shape index (κ3) is 9.24. The highest BCUT2D eigenvalue weighted by atomic mass is 127. The summed E-state index contributed by atoms with van der Waals surface area (Å²) in [6.07, 6.45) is 14.7. The maximum atomic E-state index is 6.14. The van der Waals surface area contributed by atoms with Gasteiger partial charge in [0.15, 0.2) is 0 Å². The van der Waals surface area contributed by atoms with Crippen molar-refractivity contribution in [1.82, 2.24) is 54.9 Å². The van der Waals surface area contributed by atoms with Crippen LogP contribution in [-0.2, 0) is 34.9 Å². The normalized spacial score (nSPS) is 17.3. The molecular formula is C42H47IN12O6. The number of ether oxygens (including phenoxy) is 6. The van der Waals surface area contributed by atoms with E-state index in [4.69, 9.17) is 28.4 Å². The van der Waals surface area contributed by atoms with E-state index in [9.17, 15) is 0 Å². The van der Waals surface area contributed by atoms with E-state index in [-0.39, 0.29) is 18.3 Å². The predicted octanol–water partition coefficient (Wildman–Crippen LogP) is 5.76. The number of aromatic nitrogens is 11. The molecule has 0 atom stereocenters. The summed E-state index contributed by atoms with van der Waals surface area (Å²) in [6.45, 7) is 5.18. The maximum absolute atomic E-state index is 6.14. The number of H-pyrrole nitrogens is 2. The van der Waals surface area contributed by atoms with Crippen molar-refractivity contribution in [3.05, 3.63) is 81.8 Å². The second-order valence-electron chi connectivity index (χ2n) is 15.0. The number of hydrogen-bond donors (Lipinski definition) is 2. The second-order valence-corrected chi connectivity index (χ2v) is 16.0. The number of nitrogens with zero attached hydrogens (tertiary/aromatic N) is 10. The van der Waals surface area contributed by atoms with Crippen molar-refractivity contribution in [2.75, 3.05) is 39.6 Å². The number of pyridine rings is 3. The van der Waals surface area contributed by atoms with Crippen LogP contribution in [0.3, 0.4) is 0 Å². The van der Waals surface area contributed by atoms with Crippen molar-refractivity contribution in [2.45, 2.75) is 63.4 Å². The van der Waals surface area contributed by atoms with Crippen LogP contribution in [-0.4, -0.2) is 119 Å². The van der Waals surface area contributed by atoms with Crippen LogP contribution in [0.25, 0.3) is 33.2 Å². The van der Waals surface area contributed by atoms with Gasteiger partial charge < -0.3 is 28.4 Å². The molecule has 3 fully saturated rings. The first-order valence-electron chi connectivity index (χ1n) is 20.5. The van der Waals surface area contributed by atoms with Gasteiger partial charge in [-0.1, -0.05) is 0 Å². The summed E-state index contributed by atoms with van der Waals surface area (Å²) >= 11 is 2.22. The van der Waals surface area contributed by atoms with Gasteiger partial charge in [-0.15, -0.1) is 0 Å². The first-order chi connectivity index (χ1) is 30.0. The van der Waals surface area contributed by atoms with Gasteiger partial charge in [0.05, 0.1) is 90.7 Å². The van der Waals surface area contributed by atoms with Gasteiger partial charge in [-0.2, -0.15) is 20.4 Å². The van der Waals surface area contributed by atoms with Crippen LogP contribution in [0.1, 0.15) is 55.3 Å². The fourth-order valence-corrected chi connectivity index (χ4v) is 8.56. The summed E-state index contributed by atoms with van der Waals surface area (Å²) < 4.78 is 39.0. The molecule has 4 aliphatic rings. The summed E-state index contributed by atoms with van der Waals surface area (Å²) in [5.41, 5.74) is 7.64. The van der Waals surface area contributed by atoms with Gasteiger partial charge in [0.1, 0.15) is 27.7 Å². The summed E-state index contributed by atoms with van der Waals surface area (Å²) in [5, 5.41) is 24.8. The molecule has 4 aliphatic heterocycles. The third-order valence-corrected chi connectivity index (χ3v) is 11.7. The van der Waals surface area contributed by atoms with Gasteiger partial charge in [-0.3, -0.25) is 24.6 Å². The Morgan fingerprint density at radius 3 is 1.66 bits per heavy atom. The van der Waals surface area contributed by atoms with Gasteiger partial charge in [-0.05, 0) is 58.5 Å². The molecule has 0 radical (unpaired) electrons. The van der Waals surface area contributed by atoms with Crippen molar-refractivity contribution in [1.29, 1.82) is 0 Å². The Morgan fingerprint density at radius 2 is 1.08 bits per heavy atom. The van der Waals surface area contributed by atoms with E-state index in [1.54, 1.807) is 31.0 Å². The molecule has 0 aliphatic carbocycles. The molecule has 0 unspecified atom stereocenters. The molecule has 18 nitrogen and oxygen atoms in total. The maximum Gasteiger partial charge on any atom is 0.225 e. The summed E-state index contributed by atoms with van der Waals surface area (Å²) in [6, 6.07) is 9.71. The van der Waals surface area contributed by atoms with E-state index in [1.165, 1.54) is 0 Å². The molecule has 7 aromatic heterocycles. The minimum Gasteiger partial charge on any atom is -0.474 e. The fourth-order valence-electron chi connectivity index (χ4n) is 7.73. The average Bonchev–Trinajstić information content (AvgIpc) is 4.16. The highest BCUT2D eigenvalue weighted by Crippen LogP contribution is 2.34. The molecule has 0 amide bonds. The lowest BCUT2D eigenvalue weighted by Crippen LogP contribution is -2.27. The monoisotopic (exact) mass is 942 g/mol. The van der Waals surface area contributed by atoms with Crippen molar-refractivity contribution < 1.29 is 28.4 Å². The molecule has 2 N–H and O–H groups in total. The Balaban J connectivity index is 0.000000118. The summed E-state index contributed by atoms with van der Waals surface area (Å²) in [5.74, 6) is 1.99. The first-order valence-corrected chi connectivity index (χ1v) is 21.6. The lowest BCUT2D eigenvalue weighted by atomic mass is 10.1. The highest BCUT2D eigenvalue weighted by molar-refractivity contribution is 14.1. The standard InChI is InChI=1S/C15H17N5O2.C15H16N4O2.C12H14IN3O2/c1-20-12-3-6-16-15(22-10-4-8-21-9-5-10)13(12)14(19-20)11-2-7-17-18-11;1-5-16-15(21-11-3-7-20-8-4-11)13-10(1)9-17-14(13)12-2-6-18-19-12;1-16-9-2-5-14-12(10(9)11(13)15-16)18-8-3-6-17-7-4-8/h2-3,6-7,10H,4-5,8-9H2,1H3,(H,17,18);1-2,5-6,11H,3-4,7-9H2,(H,18,19);2,5,8H,3-4,6-7H2,1H3. The van der Waals surface area contributed by atoms with Crippen molar-refractivity contribution in [3.63, 3.8) is 0 Å². The number of fused-ring (bicyclic) bond motifs is 3. The van der Waals surface area contributed by atoms with Crippen LogP contribution >= 0.6 is 22.6 Å². The molecular weight excluding hydrogens is 895 g/mol. The van der Waals surface area contributed by atoms with Crippen molar-refractivity contribution in [2.24, 2.45) is 19.1 Å². The Morgan fingerprint density at radius 1 is 0.590 bits per heavy atom. The lowest BCUT2D eigenvalue weighted by molar-refractivity contribution is 0.0235. The van der Waals surface area contributed by atoms with E-state index >= 15 is 0 Å². The average molecular weight is 943 g/mol. The Labute approximate surface area is 364 Å². The molecule has 0 spiro atoms. The van der Waals surface area contributed by atoms with Gasteiger partial charge in [-0.25, -0.2) is 15.0 Å². The number of aromatic amines is 2. The number of halogens is 1. The number of nitrogens with one attached hydrogen (secondary N) is 2. The molecule has 0 saturated carbocycles. The second kappa shape index (κ2) is 19.0. The SMILES string of the molecule is Cn1nc(-c2ccn[nH]2)c2c(OC3CCOCC3)nccc21.Cn1nc(I)c2c(OC3CCOCC3)nccc21.c1cc(C2=NCc3ccnc(OC4CCOCC4)c32)[nH]n1. The molecule has 11 heterocycles. The molecule has 7 aromatic rings. The van der Waals surface area contributed by atoms with Gasteiger partial charge in [0, 0.05) is 83.6 Å². The zero-order valence-corrected chi connectivity index (χ0v) is 36.2. The molecule has 19 heteroatoms. The van der Waals surface area contributed by atoms with Crippen LogP contribution in [0.2, 0.25) is 0 Å². The molecule has 3 saturated heterocycles. The van der Waals surface area contributed by atoms with E-state index < -0.39 is 0 Å².